The van der Waals surface area contributed by atoms with Crippen LogP contribution in [-0.2, 0) is 0 Å². The minimum Gasteiger partial charge on any atom is -0.486 e. The van der Waals surface area contributed by atoms with Gasteiger partial charge in [-0.3, -0.25) is 0 Å². The zero-order valence-electron chi connectivity index (χ0n) is 10.2. The molecule has 2 aliphatic rings. The number of hydrogen-bond donors (Lipinski definition) is 1. The molecule has 0 aromatic heterocycles. The third kappa shape index (κ3) is 1.71. The quantitative estimate of drug-likeness (QED) is 0.853. The summed E-state index contributed by atoms with van der Waals surface area (Å²) in [6, 6.07) is 5.85. The first-order valence-corrected chi connectivity index (χ1v) is 6.89. The SMILES string of the molecule is CC1(C2(C)C[C@H](O)c3ccc(Br)cc3O2)CC1. The van der Waals surface area contributed by atoms with Crippen LogP contribution < -0.4 is 4.74 Å². The largest absolute Gasteiger partial charge is 0.486 e. The molecular weight excluding hydrogens is 280 g/mol. The summed E-state index contributed by atoms with van der Waals surface area (Å²) in [4.78, 5) is 0. The lowest BCUT2D eigenvalue weighted by Gasteiger charge is -2.42. The topological polar surface area (TPSA) is 29.5 Å². The normalized spacial score (nSPS) is 33.8. The summed E-state index contributed by atoms with van der Waals surface area (Å²) >= 11 is 3.45. The Labute approximate surface area is 110 Å². The molecule has 1 aliphatic carbocycles. The smallest absolute Gasteiger partial charge is 0.127 e. The highest BCUT2D eigenvalue weighted by Gasteiger charge is 2.57. The lowest BCUT2D eigenvalue weighted by Crippen LogP contribution is -2.45. The first-order chi connectivity index (χ1) is 7.94. The number of aliphatic hydroxyl groups is 1. The second kappa shape index (κ2) is 3.48. The van der Waals surface area contributed by atoms with Crippen molar-refractivity contribution in [2.24, 2.45) is 5.41 Å². The fraction of sp³-hybridized carbons (Fsp3) is 0.571. The molecule has 1 unspecified atom stereocenters. The van der Waals surface area contributed by atoms with Crippen molar-refractivity contribution in [2.75, 3.05) is 0 Å². The molecule has 1 saturated carbocycles. The molecule has 0 saturated heterocycles. The Bertz CT molecular complexity index is 467. The van der Waals surface area contributed by atoms with Crippen LogP contribution >= 0.6 is 15.9 Å². The van der Waals surface area contributed by atoms with Gasteiger partial charge in [-0.2, -0.15) is 0 Å². The van der Waals surface area contributed by atoms with Gasteiger partial charge >= 0.3 is 0 Å². The van der Waals surface area contributed by atoms with Crippen molar-refractivity contribution in [3.63, 3.8) is 0 Å². The minimum absolute atomic E-state index is 0.230. The summed E-state index contributed by atoms with van der Waals surface area (Å²) in [6.45, 7) is 4.38. The first kappa shape index (κ1) is 11.5. The van der Waals surface area contributed by atoms with Crippen LogP contribution in [0.3, 0.4) is 0 Å². The molecule has 17 heavy (non-hydrogen) atoms. The molecule has 92 valence electrons. The molecule has 2 atom stereocenters. The highest BCUT2D eigenvalue weighted by atomic mass is 79.9. The maximum Gasteiger partial charge on any atom is 0.127 e. The Kier molecular flexibility index (Phi) is 2.37. The number of rotatable bonds is 1. The maximum absolute atomic E-state index is 10.3. The van der Waals surface area contributed by atoms with Crippen LogP contribution in [0.2, 0.25) is 0 Å². The lowest BCUT2D eigenvalue weighted by atomic mass is 9.79. The summed E-state index contributed by atoms with van der Waals surface area (Å²) in [5.74, 6) is 0.828. The second-order valence-corrected chi connectivity index (χ2v) is 6.71. The highest BCUT2D eigenvalue weighted by Crippen LogP contribution is 2.59. The van der Waals surface area contributed by atoms with Crippen molar-refractivity contribution in [1.82, 2.24) is 0 Å². The van der Waals surface area contributed by atoms with Crippen molar-refractivity contribution >= 4 is 15.9 Å². The molecule has 0 radical (unpaired) electrons. The molecule has 0 bridgehead atoms. The van der Waals surface area contributed by atoms with Crippen LogP contribution in [0, 0.1) is 5.41 Å². The standard InChI is InChI=1S/C14H17BrO2/c1-13(5-6-13)14(2)8-11(16)10-4-3-9(15)7-12(10)17-14/h3-4,7,11,16H,5-6,8H2,1-2H3/t11-,14?/m0/s1. The Balaban J connectivity index is 2.02. The number of fused-ring (bicyclic) bond motifs is 1. The van der Waals surface area contributed by atoms with E-state index in [0.29, 0.717) is 6.42 Å². The molecule has 1 aromatic rings. The van der Waals surface area contributed by atoms with Gasteiger partial charge in [0.1, 0.15) is 11.4 Å². The fourth-order valence-electron chi connectivity index (χ4n) is 2.72. The molecule has 3 heteroatoms. The van der Waals surface area contributed by atoms with Crippen LogP contribution in [-0.4, -0.2) is 10.7 Å². The van der Waals surface area contributed by atoms with Gasteiger partial charge in [0.15, 0.2) is 0 Å². The average Bonchev–Trinajstić information content (AvgIpc) is 2.97. The highest BCUT2D eigenvalue weighted by molar-refractivity contribution is 9.10. The van der Waals surface area contributed by atoms with Crippen molar-refractivity contribution in [1.29, 1.82) is 0 Å². The van der Waals surface area contributed by atoms with E-state index in [0.717, 1.165) is 15.8 Å². The Morgan fingerprint density at radius 1 is 1.35 bits per heavy atom. The van der Waals surface area contributed by atoms with Crippen molar-refractivity contribution < 1.29 is 9.84 Å². The molecule has 0 amide bonds. The van der Waals surface area contributed by atoms with Crippen LogP contribution in [0.4, 0.5) is 0 Å². The third-order valence-corrected chi connectivity index (χ3v) is 5.02. The molecule has 2 nitrogen and oxygen atoms in total. The van der Waals surface area contributed by atoms with Crippen LogP contribution in [0.15, 0.2) is 22.7 Å². The van der Waals surface area contributed by atoms with E-state index >= 15 is 0 Å². The van der Waals surface area contributed by atoms with E-state index in [9.17, 15) is 5.11 Å². The molecule has 3 rings (SSSR count). The monoisotopic (exact) mass is 296 g/mol. The zero-order chi connectivity index (χ0) is 12.3. The van der Waals surface area contributed by atoms with Gasteiger partial charge in [0.05, 0.1) is 6.10 Å². The van der Waals surface area contributed by atoms with Gasteiger partial charge in [-0.15, -0.1) is 0 Å². The van der Waals surface area contributed by atoms with E-state index in [-0.39, 0.29) is 11.0 Å². The van der Waals surface area contributed by atoms with E-state index in [4.69, 9.17) is 4.74 Å². The average molecular weight is 297 g/mol. The summed E-state index contributed by atoms with van der Waals surface area (Å²) in [5, 5.41) is 10.3. The number of ether oxygens (including phenoxy) is 1. The van der Waals surface area contributed by atoms with Gasteiger partial charge < -0.3 is 9.84 Å². The van der Waals surface area contributed by atoms with Crippen LogP contribution in [0.5, 0.6) is 5.75 Å². The van der Waals surface area contributed by atoms with Gasteiger partial charge in [-0.05, 0) is 31.9 Å². The molecular formula is C14H17BrO2. The van der Waals surface area contributed by atoms with Crippen molar-refractivity contribution in [2.45, 2.75) is 44.8 Å². The summed E-state index contributed by atoms with van der Waals surface area (Å²) in [5.41, 5.74) is 0.906. The third-order valence-electron chi connectivity index (χ3n) is 4.53. The number of hydrogen-bond acceptors (Lipinski definition) is 2. The summed E-state index contributed by atoms with van der Waals surface area (Å²) in [7, 11) is 0. The second-order valence-electron chi connectivity index (χ2n) is 5.80. The van der Waals surface area contributed by atoms with E-state index < -0.39 is 6.10 Å². The molecule has 1 heterocycles. The molecule has 1 aliphatic heterocycles. The molecule has 1 N–H and O–H groups in total. The Morgan fingerprint density at radius 3 is 2.71 bits per heavy atom. The Morgan fingerprint density at radius 2 is 2.06 bits per heavy atom. The number of halogens is 1. The molecule has 0 spiro atoms. The first-order valence-electron chi connectivity index (χ1n) is 6.10. The van der Waals surface area contributed by atoms with Crippen molar-refractivity contribution in [3.8, 4) is 5.75 Å². The molecule has 1 aromatic carbocycles. The van der Waals surface area contributed by atoms with E-state index in [1.54, 1.807) is 0 Å². The van der Waals surface area contributed by atoms with E-state index in [2.05, 4.69) is 29.8 Å². The van der Waals surface area contributed by atoms with Gasteiger partial charge in [0.25, 0.3) is 0 Å². The predicted octanol–water partition coefficient (Wildman–Crippen LogP) is 3.82. The Hall–Kier alpha value is -0.540. The van der Waals surface area contributed by atoms with Gasteiger partial charge in [-0.1, -0.05) is 28.9 Å². The maximum atomic E-state index is 10.3. The summed E-state index contributed by atoms with van der Waals surface area (Å²) < 4.78 is 7.20. The van der Waals surface area contributed by atoms with Crippen LogP contribution in [0.1, 0.15) is 44.8 Å². The van der Waals surface area contributed by atoms with E-state index in [1.807, 2.05) is 18.2 Å². The van der Waals surface area contributed by atoms with E-state index in [1.165, 1.54) is 12.8 Å². The van der Waals surface area contributed by atoms with Crippen molar-refractivity contribution in [3.05, 3.63) is 28.2 Å². The summed E-state index contributed by atoms with van der Waals surface area (Å²) in [6.07, 6.45) is 2.67. The zero-order valence-corrected chi connectivity index (χ0v) is 11.8. The fourth-order valence-corrected chi connectivity index (χ4v) is 3.06. The number of benzene rings is 1. The predicted molar refractivity (Wildman–Crippen MR) is 70.1 cm³/mol. The molecule has 1 fully saturated rings. The number of aliphatic hydroxyl groups excluding tert-OH is 1. The minimum atomic E-state index is -0.408. The van der Waals surface area contributed by atoms with Crippen LogP contribution in [0.25, 0.3) is 0 Å². The van der Waals surface area contributed by atoms with Gasteiger partial charge in [0, 0.05) is 21.9 Å². The van der Waals surface area contributed by atoms with Gasteiger partial charge in [-0.25, -0.2) is 0 Å². The van der Waals surface area contributed by atoms with Gasteiger partial charge in [0.2, 0.25) is 0 Å². The lowest BCUT2D eigenvalue weighted by molar-refractivity contribution is -0.0472.